The van der Waals surface area contributed by atoms with Crippen LogP contribution >= 0.6 is 27.5 Å². The number of aromatic nitrogens is 3. The van der Waals surface area contributed by atoms with E-state index in [2.05, 4.69) is 37.8 Å². The maximum atomic E-state index is 5.67. The second-order valence-electron chi connectivity index (χ2n) is 2.94. The minimum absolute atomic E-state index is 0.466. The first kappa shape index (κ1) is 10.4. The normalized spacial score (nSPS) is 10.5. The topological polar surface area (TPSA) is 42.2 Å². The number of fused-ring (bicyclic) bond motifs is 1. The summed E-state index contributed by atoms with van der Waals surface area (Å²) < 4.78 is 2.60. The summed E-state index contributed by atoms with van der Waals surface area (Å²) in [5.41, 5.74) is 0.760. The quantitative estimate of drug-likeness (QED) is 0.944. The number of nitrogens with one attached hydrogen (secondary N) is 1. The van der Waals surface area contributed by atoms with Crippen molar-refractivity contribution in [2.75, 3.05) is 11.9 Å². The molecule has 0 spiro atoms. The highest BCUT2D eigenvalue weighted by Gasteiger charge is 2.05. The van der Waals surface area contributed by atoms with E-state index in [1.54, 1.807) is 6.20 Å². The highest BCUT2D eigenvalue weighted by Crippen LogP contribution is 2.17. The summed E-state index contributed by atoms with van der Waals surface area (Å²) in [5.74, 6) is 0.677. The summed E-state index contributed by atoms with van der Waals surface area (Å²) in [4.78, 5) is 8.45. The predicted molar refractivity (Wildman–Crippen MR) is 64.2 cm³/mol. The number of imidazole rings is 1. The van der Waals surface area contributed by atoms with E-state index in [1.165, 1.54) is 0 Å². The van der Waals surface area contributed by atoms with E-state index in [1.807, 2.05) is 16.8 Å². The average Bonchev–Trinajstić information content (AvgIpc) is 2.61. The van der Waals surface area contributed by atoms with Crippen LogP contribution in [0.5, 0.6) is 0 Å². The Morgan fingerprint density at radius 2 is 2.47 bits per heavy atom. The second kappa shape index (κ2) is 4.20. The zero-order valence-corrected chi connectivity index (χ0v) is 10.1. The highest BCUT2D eigenvalue weighted by molar-refractivity contribution is 9.10. The van der Waals surface area contributed by atoms with Crippen molar-refractivity contribution in [3.8, 4) is 0 Å². The van der Waals surface area contributed by atoms with Gasteiger partial charge in [-0.05, 0) is 15.9 Å². The van der Waals surface area contributed by atoms with E-state index >= 15 is 0 Å². The molecule has 0 aliphatic carbocycles. The van der Waals surface area contributed by atoms with Gasteiger partial charge in [0.15, 0.2) is 11.5 Å². The lowest BCUT2D eigenvalue weighted by atomic mass is 10.5. The summed E-state index contributed by atoms with van der Waals surface area (Å²) in [7, 11) is 0. The van der Waals surface area contributed by atoms with E-state index in [-0.39, 0.29) is 0 Å². The van der Waals surface area contributed by atoms with Crippen LogP contribution in [0.1, 0.15) is 0 Å². The van der Waals surface area contributed by atoms with Gasteiger partial charge in [-0.15, -0.1) is 0 Å². The summed E-state index contributed by atoms with van der Waals surface area (Å²) in [6, 6.07) is 0. The number of nitrogens with zero attached hydrogens (tertiary/aromatic N) is 3. The molecule has 2 aromatic heterocycles. The Morgan fingerprint density at radius 1 is 1.67 bits per heavy atom. The molecule has 0 fully saturated rings. The van der Waals surface area contributed by atoms with Crippen molar-refractivity contribution >= 4 is 39.0 Å². The van der Waals surface area contributed by atoms with Gasteiger partial charge in [0.05, 0.1) is 6.54 Å². The Balaban J connectivity index is 2.39. The Kier molecular flexibility index (Phi) is 2.93. The number of hydrogen-bond acceptors (Lipinski definition) is 3. The molecule has 4 nitrogen and oxygen atoms in total. The van der Waals surface area contributed by atoms with E-state index in [9.17, 15) is 0 Å². The molecule has 78 valence electrons. The molecule has 0 atom stereocenters. The van der Waals surface area contributed by atoms with Gasteiger partial charge < -0.3 is 9.72 Å². The predicted octanol–water partition coefficient (Wildman–Crippen LogP) is 2.66. The molecule has 0 bridgehead atoms. The molecule has 2 heterocycles. The largest absolute Gasteiger partial charge is 0.362 e. The lowest BCUT2D eigenvalue weighted by Gasteiger charge is -2.06. The maximum absolute atomic E-state index is 5.67. The van der Waals surface area contributed by atoms with Gasteiger partial charge in [-0.1, -0.05) is 18.2 Å². The summed E-state index contributed by atoms with van der Waals surface area (Å²) in [6.45, 7) is 4.06. The monoisotopic (exact) mass is 286 g/mol. The van der Waals surface area contributed by atoms with Crippen LogP contribution in [0.4, 0.5) is 5.82 Å². The minimum atomic E-state index is 0.466. The van der Waals surface area contributed by atoms with Crippen molar-refractivity contribution in [3.05, 3.63) is 34.8 Å². The van der Waals surface area contributed by atoms with Gasteiger partial charge in [0.25, 0.3) is 0 Å². The molecule has 0 aliphatic heterocycles. The second-order valence-corrected chi connectivity index (χ2v) is 4.29. The highest BCUT2D eigenvalue weighted by atomic mass is 79.9. The fourth-order valence-corrected chi connectivity index (χ4v) is 1.66. The van der Waals surface area contributed by atoms with Crippen molar-refractivity contribution < 1.29 is 0 Å². The first-order valence-corrected chi connectivity index (χ1v) is 5.40. The number of halogens is 2. The Labute approximate surface area is 100 Å². The van der Waals surface area contributed by atoms with Crippen molar-refractivity contribution in [1.82, 2.24) is 14.4 Å². The van der Waals surface area contributed by atoms with Gasteiger partial charge in [-0.25, -0.2) is 9.97 Å². The van der Waals surface area contributed by atoms with Crippen LogP contribution in [0.15, 0.2) is 34.8 Å². The van der Waals surface area contributed by atoms with Crippen LogP contribution in [0.3, 0.4) is 0 Å². The van der Waals surface area contributed by atoms with E-state index < -0.39 is 0 Å². The van der Waals surface area contributed by atoms with Gasteiger partial charge in [-0.2, -0.15) is 0 Å². The maximum Gasteiger partial charge on any atom is 0.180 e. The number of hydrogen-bond donors (Lipinski definition) is 1. The lowest BCUT2D eigenvalue weighted by Crippen LogP contribution is -2.05. The summed E-state index contributed by atoms with van der Waals surface area (Å²) in [6.07, 6.45) is 5.40. The standard InChI is InChI=1S/C9H8BrClN4/c1-6(11)4-13-8-9-12-2-3-15(9)5-7(10)14-8/h2-3,5H,1,4H2,(H,13,14). The van der Waals surface area contributed by atoms with Gasteiger partial charge in [0, 0.05) is 23.6 Å². The van der Waals surface area contributed by atoms with E-state index in [0.717, 1.165) is 10.3 Å². The molecule has 2 rings (SSSR count). The van der Waals surface area contributed by atoms with Crippen LogP contribution in [0.2, 0.25) is 0 Å². The molecule has 6 heteroatoms. The summed E-state index contributed by atoms with van der Waals surface area (Å²) >= 11 is 8.99. The molecule has 0 saturated carbocycles. The first-order valence-electron chi connectivity index (χ1n) is 4.23. The molecular formula is C9H8BrClN4. The first-order chi connectivity index (χ1) is 7.16. The summed E-state index contributed by atoms with van der Waals surface area (Å²) in [5, 5.41) is 3.59. The third kappa shape index (κ3) is 2.30. The average molecular weight is 288 g/mol. The van der Waals surface area contributed by atoms with Crippen molar-refractivity contribution in [2.45, 2.75) is 0 Å². The fourth-order valence-electron chi connectivity index (χ4n) is 1.20. The van der Waals surface area contributed by atoms with Crippen LogP contribution in [-0.4, -0.2) is 20.9 Å². The third-order valence-corrected chi connectivity index (χ3v) is 2.31. The fraction of sp³-hybridized carbons (Fsp3) is 0.111. The Hall–Kier alpha value is -1.07. The molecule has 0 aromatic carbocycles. The molecule has 0 unspecified atom stereocenters. The molecule has 2 aromatic rings. The zero-order valence-electron chi connectivity index (χ0n) is 7.74. The zero-order chi connectivity index (χ0) is 10.8. The van der Waals surface area contributed by atoms with Gasteiger partial charge in [-0.3, -0.25) is 0 Å². The van der Waals surface area contributed by atoms with Crippen LogP contribution in [-0.2, 0) is 0 Å². The minimum Gasteiger partial charge on any atom is -0.362 e. The molecular weight excluding hydrogens is 279 g/mol. The van der Waals surface area contributed by atoms with E-state index in [4.69, 9.17) is 11.6 Å². The lowest BCUT2D eigenvalue weighted by molar-refractivity contribution is 1.09. The third-order valence-electron chi connectivity index (χ3n) is 1.79. The van der Waals surface area contributed by atoms with E-state index in [0.29, 0.717) is 17.4 Å². The molecule has 0 radical (unpaired) electrons. The Morgan fingerprint density at radius 3 is 3.20 bits per heavy atom. The van der Waals surface area contributed by atoms with Gasteiger partial charge in [0.1, 0.15) is 4.60 Å². The van der Waals surface area contributed by atoms with Crippen LogP contribution in [0, 0.1) is 0 Å². The Bertz CT molecular complexity index is 508. The smallest absolute Gasteiger partial charge is 0.180 e. The number of rotatable bonds is 3. The van der Waals surface area contributed by atoms with Gasteiger partial charge >= 0.3 is 0 Å². The molecule has 0 amide bonds. The molecule has 1 N–H and O–H groups in total. The van der Waals surface area contributed by atoms with Crippen LogP contribution in [0.25, 0.3) is 5.65 Å². The molecule has 15 heavy (non-hydrogen) atoms. The number of anilines is 1. The van der Waals surface area contributed by atoms with Gasteiger partial charge in [0.2, 0.25) is 0 Å². The van der Waals surface area contributed by atoms with Crippen LogP contribution < -0.4 is 5.32 Å². The van der Waals surface area contributed by atoms with Crippen molar-refractivity contribution in [2.24, 2.45) is 0 Å². The molecule has 0 aliphatic rings. The molecule has 0 saturated heterocycles. The SMILES string of the molecule is C=C(Cl)CNc1nc(Br)cn2ccnc12. The van der Waals surface area contributed by atoms with Crippen molar-refractivity contribution in [1.29, 1.82) is 0 Å². The van der Waals surface area contributed by atoms with Crippen molar-refractivity contribution in [3.63, 3.8) is 0 Å².